The summed E-state index contributed by atoms with van der Waals surface area (Å²) in [7, 11) is 0. The van der Waals surface area contributed by atoms with E-state index in [1.165, 1.54) is 5.56 Å². The zero-order chi connectivity index (χ0) is 15.9. The molecular weight excluding hydrogens is 359 g/mol. The summed E-state index contributed by atoms with van der Waals surface area (Å²) in [6, 6.07) is 10.4. The molecule has 0 bridgehead atoms. The molecule has 1 saturated heterocycles. The van der Waals surface area contributed by atoms with Crippen molar-refractivity contribution in [2.45, 2.75) is 44.8 Å². The van der Waals surface area contributed by atoms with E-state index in [-0.39, 0.29) is 36.8 Å². The summed E-state index contributed by atoms with van der Waals surface area (Å²) >= 11 is 0. The van der Waals surface area contributed by atoms with Crippen LogP contribution in [0.2, 0.25) is 0 Å². The van der Waals surface area contributed by atoms with Crippen LogP contribution in [-0.2, 0) is 24.3 Å². The quantitative estimate of drug-likeness (QED) is 0.804. The molecule has 1 aliphatic rings. The number of imidazole rings is 1. The Kier molecular flexibility index (Phi) is 9.57. The van der Waals surface area contributed by atoms with Gasteiger partial charge < -0.3 is 15.2 Å². The second-order valence-electron chi connectivity index (χ2n) is 5.99. The lowest BCUT2D eigenvalue weighted by molar-refractivity contribution is -0.123. The van der Waals surface area contributed by atoms with Crippen molar-refractivity contribution in [3.63, 3.8) is 0 Å². The number of rotatable bonds is 6. The summed E-state index contributed by atoms with van der Waals surface area (Å²) in [5.41, 5.74) is 1.31. The third-order valence-corrected chi connectivity index (χ3v) is 4.33. The Hall–Kier alpha value is -1.56. The van der Waals surface area contributed by atoms with Gasteiger partial charge >= 0.3 is 0 Å². The normalized spacial score (nSPS) is 16.4. The van der Waals surface area contributed by atoms with Gasteiger partial charge in [-0.1, -0.05) is 36.8 Å². The van der Waals surface area contributed by atoms with Crippen molar-refractivity contribution >= 4 is 30.7 Å². The van der Waals surface area contributed by atoms with Crippen LogP contribution < -0.4 is 10.6 Å². The van der Waals surface area contributed by atoms with E-state index < -0.39 is 0 Å². The largest absolute Gasteiger partial charge is 0.348 e. The van der Waals surface area contributed by atoms with Crippen LogP contribution in [0.25, 0.3) is 0 Å². The van der Waals surface area contributed by atoms with Gasteiger partial charge in [-0.2, -0.15) is 0 Å². The number of aromatic nitrogens is 2. The number of hydrogen-bond donors (Lipinski definition) is 2. The van der Waals surface area contributed by atoms with Gasteiger partial charge in [-0.25, -0.2) is 4.98 Å². The van der Waals surface area contributed by atoms with Gasteiger partial charge in [0.1, 0.15) is 5.82 Å². The molecule has 0 aliphatic carbocycles. The van der Waals surface area contributed by atoms with Gasteiger partial charge in [0.2, 0.25) is 5.91 Å². The van der Waals surface area contributed by atoms with Gasteiger partial charge in [0, 0.05) is 18.9 Å². The Balaban J connectivity index is 0.00000156. The molecule has 5 nitrogen and oxygen atoms in total. The molecule has 1 aromatic carbocycles. The molecule has 0 unspecified atom stereocenters. The average Bonchev–Trinajstić information content (AvgIpc) is 3.07. The molecule has 138 valence electrons. The number of hydrogen-bond acceptors (Lipinski definition) is 3. The first-order chi connectivity index (χ1) is 11.3. The number of carbonyl (C=O) groups excluding carboxylic acids is 1. The molecule has 1 aliphatic heterocycles. The number of amides is 1. The number of aryl methyl sites for hydroxylation is 2. The topological polar surface area (TPSA) is 59.0 Å². The minimum atomic E-state index is -0.0449. The van der Waals surface area contributed by atoms with Crippen molar-refractivity contribution in [1.82, 2.24) is 20.2 Å². The second kappa shape index (κ2) is 11.1. The lowest BCUT2D eigenvalue weighted by Crippen LogP contribution is -2.46. The molecule has 2 N–H and O–H groups in total. The van der Waals surface area contributed by atoms with Crippen LogP contribution in [0.3, 0.4) is 0 Å². The van der Waals surface area contributed by atoms with Crippen LogP contribution in [0.15, 0.2) is 42.7 Å². The first-order valence-electron chi connectivity index (χ1n) is 8.38. The molecule has 0 saturated carbocycles. The second-order valence-corrected chi connectivity index (χ2v) is 5.99. The number of carbonyl (C=O) groups is 1. The van der Waals surface area contributed by atoms with Gasteiger partial charge in [-0.05, 0) is 31.4 Å². The van der Waals surface area contributed by atoms with Gasteiger partial charge in [0.15, 0.2) is 0 Å². The van der Waals surface area contributed by atoms with E-state index in [1.54, 1.807) is 6.20 Å². The van der Waals surface area contributed by atoms with Crippen molar-refractivity contribution in [2.75, 3.05) is 6.54 Å². The van der Waals surface area contributed by atoms with E-state index >= 15 is 0 Å². The highest BCUT2D eigenvalue weighted by molar-refractivity contribution is 5.85. The Morgan fingerprint density at radius 2 is 2.04 bits per heavy atom. The Bertz CT molecular complexity index is 627. The number of nitrogens with zero attached hydrogens (tertiary/aromatic N) is 2. The zero-order valence-electron chi connectivity index (χ0n) is 14.2. The molecule has 0 spiro atoms. The molecule has 1 amide bonds. The van der Waals surface area contributed by atoms with E-state index in [0.29, 0.717) is 6.54 Å². The monoisotopic (exact) mass is 384 g/mol. The molecule has 1 fully saturated rings. The van der Waals surface area contributed by atoms with Crippen molar-refractivity contribution in [3.8, 4) is 0 Å². The molecule has 2 heterocycles. The Morgan fingerprint density at radius 3 is 2.76 bits per heavy atom. The number of piperidine rings is 1. The Labute approximate surface area is 161 Å². The lowest BCUT2D eigenvalue weighted by atomic mass is 10.0. The maximum atomic E-state index is 12.2. The van der Waals surface area contributed by atoms with Gasteiger partial charge in [0.05, 0.1) is 12.6 Å². The highest BCUT2D eigenvalue weighted by atomic mass is 35.5. The fraction of sp³-hybridized carbons (Fsp3) is 0.444. The third kappa shape index (κ3) is 6.34. The molecular formula is C18H26Cl2N4O. The molecule has 1 aromatic heterocycles. The molecule has 1 atom stereocenters. The van der Waals surface area contributed by atoms with E-state index in [2.05, 4.69) is 44.5 Å². The predicted octanol–water partition coefficient (Wildman–Crippen LogP) is 2.73. The van der Waals surface area contributed by atoms with Crippen LogP contribution in [0.1, 0.15) is 30.7 Å². The summed E-state index contributed by atoms with van der Waals surface area (Å²) in [5, 5.41) is 6.28. The third-order valence-electron chi connectivity index (χ3n) is 4.33. The fourth-order valence-electron chi connectivity index (χ4n) is 2.97. The van der Waals surface area contributed by atoms with Crippen LogP contribution in [0.5, 0.6) is 0 Å². The van der Waals surface area contributed by atoms with Crippen LogP contribution in [0.4, 0.5) is 0 Å². The summed E-state index contributed by atoms with van der Waals surface area (Å²) in [6.45, 7) is 2.29. The van der Waals surface area contributed by atoms with Crippen LogP contribution in [0, 0.1) is 0 Å². The minimum absolute atomic E-state index is 0. The molecule has 2 aromatic rings. The summed E-state index contributed by atoms with van der Waals surface area (Å²) in [6.07, 6.45) is 7.94. The van der Waals surface area contributed by atoms with E-state index in [4.69, 9.17) is 0 Å². The van der Waals surface area contributed by atoms with Gasteiger partial charge in [-0.15, -0.1) is 24.8 Å². The Morgan fingerprint density at radius 1 is 1.24 bits per heavy atom. The predicted molar refractivity (Wildman–Crippen MR) is 104 cm³/mol. The molecule has 7 heteroatoms. The number of benzene rings is 1. The van der Waals surface area contributed by atoms with Crippen molar-refractivity contribution in [2.24, 2.45) is 0 Å². The first kappa shape index (κ1) is 21.5. The fourth-order valence-corrected chi connectivity index (χ4v) is 2.97. The van der Waals surface area contributed by atoms with Crippen molar-refractivity contribution in [3.05, 3.63) is 54.1 Å². The smallest absolute Gasteiger partial charge is 0.237 e. The van der Waals surface area contributed by atoms with Gasteiger partial charge in [0.25, 0.3) is 0 Å². The molecule has 0 radical (unpaired) electrons. The minimum Gasteiger partial charge on any atom is -0.348 e. The maximum absolute atomic E-state index is 12.2. The number of nitrogens with one attached hydrogen (secondary N) is 2. The summed E-state index contributed by atoms with van der Waals surface area (Å²) in [5.74, 6) is 0.993. The molecule has 25 heavy (non-hydrogen) atoms. The molecule has 3 rings (SSSR count). The van der Waals surface area contributed by atoms with E-state index in [1.807, 2.05) is 12.3 Å². The lowest BCUT2D eigenvalue weighted by Gasteiger charge is -2.22. The summed E-state index contributed by atoms with van der Waals surface area (Å²) in [4.78, 5) is 16.5. The average molecular weight is 385 g/mol. The standard InChI is InChI=1S/C18H24N4O.2ClH/c23-18(16-8-4-5-10-19-16)21-14-17-20-11-13-22(17)12-9-15-6-2-1-3-7-15;;/h1-3,6-7,11,13,16,19H,4-5,8-10,12,14H2,(H,21,23);2*1H/t16-;;/m1../s1. The van der Waals surface area contributed by atoms with Crippen molar-refractivity contribution < 1.29 is 4.79 Å². The van der Waals surface area contributed by atoms with E-state index in [9.17, 15) is 4.79 Å². The maximum Gasteiger partial charge on any atom is 0.237 e. The van der Waals surface area contributed by atoms with E-state index in [0.717, 1.165) is 44.6 Å². The summed E-state index contributed by atoms with van der Waals surface area (Å²) < 4.78 is 2.11. The first-order valence-corrected chi connectivity index (χ1v) is 8.38. The van der Waals surface area contributed by atoms with Gasteiger partial charge in [-0.3, -0.25) is 4.79 Å². The van der Waals surface area contributed by atoms with Crippen LogP contribution >= 0.6 is 24.8 Å². The highest BCUT2D eigenvalue weighted by Gasteiger charge is 2.20. The van der Waals surface area contributed by atoms with Crippen LogP contribution in [-0.4, -0.2) is 28.0 Å². The SMILES string of the molecule is Cl.Cl.O=C(NCc1nccn1CCc1ccccc1)[C@H]1CCCCN1. The highest BCUT2D eigenvalue weighted by Crippen LogP contribution is 2.08. The zero-order valence-corrected chi connectivity index (χ0v) is 15.8. The van der Waals surface area contributed by atoms with Crippen molar-refractivity contribution in [1.29, 1.82) is 0 Å². The number of halogens is 2.